The molecule has 0 spiro atoms. The van der Waals surface area contributed by atoms with E-state index in [-0.39, 0.29) is 11.8 Å². The summed E-state index contributed by atoms with van der Waals surface area (Å²) in [4.78, 5) is 22.9. The monoisotopic (exact) mass is 288 g/mol. The van der Waals surface area contributed by atoms with E-state index in [1.807, 2.05) is 13.8 Å². The fourth-order valence-corrected chi connectivity index (χ4v) is 3.09. The van der Waals surface area contributed by atoms with Crippen molar-refractivity contribution in [2.24, 2.45) is 5.92 Å². The number of thioether (sulfide) groups is 1. The van der Waals surface area contributed by atoms with E-state index in [2.05, 4.69) is 10.6 Å². The second-order valence-corrected chi connectivity index (χ2v) is 6.32. The Bertz CT molecular complexity index is 306. The highest BCUT2D eigenvalue weighted by atomic mass is 32.2. The van der Waals surface area contributed by atoms with E-state index in [4.69, 9.17) is 5.11 Å². The highest BCUT2D eigenvalue weighted by molar-refractivity contribution is 8.00. The van der Waals surface area contributed by atoms with Gasteiger partial charge >= 0.3 is 5.97 Å². The van der Waals surface area contributed by atoms with Crippen LogP contribution >= 0.6 is 11.8 Å². The quantitative estimate of drug-likeness (QED) is 0.653. The summed E-state index contributed by atoms with van der Waals surface area (Å²) < 4.78 is 0. The third kappa shape index (κ3) is 5.82. The molecule has 6 heteroatoms. The van der Waals surface area contributed by atoms with Crippen LogP contribution in [0, 0.1) is 5.92 Å². The van der Waals surface area contributed by atoms with Gasteiger partial charge < -0.3 is 15.7 Å². The van der Waals surface area contributed by atoms with Crippen molar-refractivity contribution in [3.63, 3.8) is 0 Å². The Labute approximate surface area is 118 Å². The largest absolute Gasteiger partial charge is 0.480 e. The van der Waals surface area contributed by atoms with E-state index in [1.54, 1.807) is 11.8 Å². The Balaban J connectivity index is 2.33. The van der Waals surface area contributed by atoms with Crippen molar-refractivity contribution in [3.05, 3.63) is 0 Å². The second kappa shape index (κ2) is 8.43. The summed E-state index contributed by atoms with van der Waals surface area (Å²) in [6, 6.07) is -0.772. The number of amides is 1. The highest BCUT2D eigenvalue weighted by Gasteiger charge is 2.25. The van der Waals surface area contributed by atoms with Gasteiger partial charge in [-0.1, -0.05) is 20.3 Å². The van der Waals surface area contributed by atoms with Gasteiger partial charge in [-0.15, -0.1) is 11.8 Å². The molecule has 1 saturated heterocycles. The van der Waals surface area contributed by atoms with Crippen LogP contribution in [0.15, 0.2) is 0 Å². The minimum atomic E-state index is -0.949. The van der Waals surface area contributed by atoms with Gasteiger partial charge in [0, 0.05) is 5.25 Å². The standard InChI is InChI=1S/C13H24N2O3S/c1-3-9(2)12(13(17)18)15-11(16)8-19-10-4-6-14-7-5-10/h9-10,12,14H,3-8H2,1-2H3,(H,15,16)(H,17,18). The number of carbonyl (C=O) groups excluding carboxylic acids is 1. The maximum Gasteiger partial charge on any atom is 0.326 e. The number of hydrogen-bond acceptors (Lipinski definition) is 4. The van der Waals surface area contributed by atoms with E-state index in [1.165, 1.54) is 0 Å². The number of piperidine rings is 1. The topological polar surface area (TPSA) is 78.4 Å². The van der Waals surface area contributed by atoms with Crippen molar-refractivity contribution in [1.29, 1.82) is 0 Å². The van der Waals surface area contributed by atoms with Gasteiger partial charge in [-0.25, -0.2) is 4.79 Å². The number of carbonyl (C=O) groups is 2. The first-order valence-corrected chi connectivity index (χ1v) is 7.94. The molecule has 2 atom stereocenters. The van der Waals surface area contributed by atoms with Gasteiger partial charge in [0.25, 0.3) is 0 Å². The van der Waals surface area contributed by atoms with Crippen LogP contribution in [0.1, 0.15) is 33.1 Å². The molecule has 1 aliphatic heterocycles. The molecule has 2 unspecified atom stereocenters. The molecule has 3 N–H and O–H groups in total. The smallest absolute Gasteiger partial charge is 0.326 e. The zero-order chi connectivity index (χ0) is 14.3. The van der Waals surface area contributed by atoms with Crippen LogP contribution in [0.3, 0.4) is 0 Å². The molecule has 0 bridgehead atoms. The first kappa shape index (κ1) is 16.3. The lowest BCUT2D eigenvalue weighted by Gasteiger charge is -2.23. The van der Waals surface area contributed by atoms with Crippen molar-refractivity contribution in [2.45, 2.75) is 44.4 Å². The van der Waals surface area contributed by atoms with Crippen LogP contribution in [0.4, 0.5) is 0 Å². The summed E-state index contributed by atoms with van der Waals surface area (Å²) in [6.45, 7) is 5.78. The van der Waals surface area contributed by atoms with Gasteiger partial charge in [-0.2, -0.15) is 0 Å². The minimum absolute atomic E-state index is 0.0506. The van der Waals surface area contributed by atoms with Crippen LogP contribution < -0.4 is 10.6 Å². The Morgan fingerprint density at radius 1 is 1.42 bits per heavy atom. The van der Waals surface area contributed by atoms with Crippen molar-refractivity contribution in [2.75, 3.05) is 18.8 Å². The van der Waals surface area contributed by atoms with Crippen LogP contribution in [0.2, 0.25) is 0 Å². The van der Waals surface area contributed by atoms with Crippen LogP contribution in [-0.4, -0.2) is 47.1 Å². The minimum Gasteiger partial charge on any atom is -0.480 e. The molecule has 0 aromatic carbocycles. The van der Waals surface area contributed by atoms with Crippen molar-refractivity contribution < 1.29 is 14.7 Å². The highest BCUT2D eigenvalue weighted by Crippen LogP contribution is 2.20. The normalized spacial score (nSPS) is 19.7. The number of carboxylic acid groups (broad SMARTS) is 1. The zero-order valence-electron chi connectivity index (χ0n) is 11.6. The van der Waals surface area contributed by atoms with Gasteiger partial charge in [0.2, 0.25) is 5.91 Å². The van der Waals surface area contributed by atoms with Crippen molar-refractivity contribution in [3.8, 4) is 0 Å². The first-order chi connectivity index (χ1) is 9.04. The number of aliphatic carboxylic acids is 1. The lowest BCUT2D eigenvalue weighted by molar-refractivity contribution is -0.143. The Hall–Kier alpha value is -0.750. The molecule has 1 rings (SSSR count). The van der Waals surface area contributed by atoms with Crippen molar-refractivity contribution in [1.82, 2.24) is 10.6 Å². The summed E-state index contributed by atoms with van der Waals surface area (Å²) in [7, 11) is 0. The molecule has 1 fully saturated rings. The predicted molar refractivity (Wildman–Crippen MR) is 77.4 cm³/mol. The molecule has 1 amide bonds. The third-order valence-electron chi connectivity index (χ3n) is 3.53. The number of carboxylic acids is 1. The van der Waals surface area contributed by atoms with Gasteiger partial charge in [0.1, 0.15) is 6.04 Å². The molecular weight excluding hydrogens is 264 g/mol. The summed E-state index contributed by atoms with van der Waals surface area (Å²) >= 11 is 1.63. The lowest BCUT2D eigenvalue weighted by atomic mass is 9.99. The SMILES string of the molecule is CCC(C)C(NC(=O)CSC1CCNCC1)C(=O)O. The maximum absolute atomic E-state index is 11.8. The van der Waals surface area contributed by atoms with E-state index in [0.717, 1.165) is 32.4 Å². The van der Waals surface area contributed by atoms with E-state index < -0.39 is 12.0 Å². The fraction of sp³-hybridized carbons (Fsp3) is 0.846. The first-order valence-electron chi connectivity index (χ1n) is 6.89. The Kier molecular flexibility index (Phi) is 7.23. The molecule has 110 valence electrons. The predicted octanol–water partition coefficient (Wildman–Crippen LogP) is 1.09. The van der Waals surface area contributed by atoms with Gasteiger partial charge in [0.15, 0.2) is 0 Å². The van der Waals surface area contributed by atoms with Crippen LogP contribution in [0.5, 0.6) is 0 Å². The van der Waals surface area contributed by atoms with E-state index in [0.29, 0.717) is 11.0 Å². The average Bonchev–Trinajstić information content (AvgIpc) is 2.42. The molecule has 0 aromatic rings. The zero-order valence-corrected chi connectivity index (χ0v) is 12.5. The van der Waals surface area contributed by atoms with Gasteiger partial charge in [-0.05, 0) is 31.8 Å². The van der Waals surface area contributed by atoms with E-state index >= 15 is 0 Å². The molecule has 5 nitrogen and oxygen atoms in total. The molecule has 1 aliphatic rings. The summed E-state index contributed by atoms with van der Waals surface area (Å²) in [5.74, 6) is -0.818. The average molecular weight is 288 g/mol. The van der Waals surface area contributed by atoms with E-state index in [9.17, 15) is 9.59 Å². The van der Waals surface area contributed by atoms with Crippen LogP contribution in [-0.2, 0) is 9.59 Å². The summed E-state index contributed by atoms with van der Waals surface area (Å²) in [6.07, 6.45) is 2.88. The van der Waals surface area contributed by atoms with Crippen molar-refractivity contribution >= 4 is 23.6 Å². The molecular formula is C13H24N2O3S. The third-order valence-corrected chi connectivity index (χ3v) is 4.90. The molecule has 19 heavy (non-hydrogen) atoms. The Morgan fingerprint density at radius 2 is 2.05 bits per heavy atom. The Morgan fingerprint density at radius 3 is 2.58 bits per heavy atom. The number of nitrogens with one attached hydrogen (secondary N) is 2. The molecule has 0 radical (unpaired) electrons. The fourth-order valence-electron chi connectivity index (χ4n) is 2.05. The number of rotatable bonds is 7. The maximum atomic E-state index is 11.8. The number of hydrogen-bond donors (Lipinski definition) is 3. The molecule has 1 heterocycles. The summed E-state index contributed by atoms with van der Waals surface area (Å²) in [5, 5.41) is 15.5. The molecule has 0 saturated carbocycles. The second-order valence-electron chi connectivity index (χ2n) is 5.03. The van der Waals surface area contributed by atoms with Gasteiger partial charge in [0.05, 0.1) is 5.75 Å². The molecule has 0 aliphatic carbocycles. The lowest BCUT2D eigenvalue weighted by Crippen LogP contribution is -2.46. The summed E-state index contributed by atoms with van der Waals surface area (Å²) in [5.41, 5.74) is 0. The van der Waals surface area contributed by atoms with Crippen LogP contribution in [0.25, 0.3) is 0 Å². The van der Waals surface area contributed by atoms with Gasteiger partial charge in [-0.3, -0.25) is 4.79 Å². The molecule has 0 aromatic heterocycles.